The van der Waals surface area contributed by atoms with E-state index in [1.54, 1.807) is 0 Å². The van der Waals surface area contributed by atoms with Gasteiger partial charge in [-0.05, 0) is 29.8 Å². The first-order valence-corrected chi connectivity index (χ1v) is 5.11. The fraction of sp³-hybridized carbons (Fsp3) is 0. The molecule has 0 saturated carbocycles. The molecule has 0 bridgehead atoms. The van der Waals surface area contributed by atoms with E-state index in [4.69, 9.17) is 15.9 Å². The SMILES string of the molecule is Nc1ccc(-c2ccc(O)cc2F)cc1C(=O)O. The molecule has 0 heterocycles. The van der Waals surface area contributed by atoms with Crippen LogP contribution in [0.5, 0.6) is 5.75 Å². The Hall–Kier alpha value is -2.56. The van der Waals surface area contributed by atoms with Gasteiger partial charge in [-0.15, -0.1) is 0 Å². The largest absolute Gasteiger partial charge is 0.508 e. The lowest BCUT2D eigenvalue weighted by atomic mass is 10.0. The first kappa shape index (κ1) is 11.9. The molecule has 4 N–H and O–H groups in total. The molecule has 0 aliphatic rings. The Bertz CT molecular complexity index is 626. The second-order valence-electron chi connectivity index (χ2n) is 3.77. The van der Waals surface area contributed by atoms with E-state index in [0.717, 1.165) is 6.07 Å². The van der Waals surface area contributed by atoms with E-state index in [0.29, 0.717) is 5.56 Å². The van der Waals surface area contributed by atoms with Crippen LogP contribution in [0.1, 0.15) is 10.4 Å². The molecule has 0 saturated heterocycles. The summed E-state index contributed by atoms with van der Waals surface area (Å²) in [7, 11) is 0. The first-order valence-electron chi connectivity index (χ1n) is 5.11. The van der Waals surface area contributed by atoms with Crippen molar-refractivity contribution in [1.29, 1.82) is 0 Å². The molecule has 2 aromatic rings. The molecule has 0 radical (unpaired) electrons. The predicted molar refractivity (Wildman–Crippen MR) is 64.9 cm³/mol. The minimum absolute atomic E-state index is 0.0834. The minimum atomic E-state index is -1.17. The molecule has 4 nitrogen and oxygen atoms in total. The standard InChI is InChI=1S/C13H10FNO3/c14-11-6-8(16)2-3-9(11)7-1-4-12(15)10(5-7)13(17)18/h1-6,16H,15H2,(H,17,18). The molecule has 0 unspecified atom stereocenters. The number of phenolic OH excluding ortho intramolecular Hbond substituents is 1. The zero-order valence-electron chi connectivity index (χ0n) is 9.22. The van der Waals surface area contributed by atoms with Crippen molar-refractivity contribution in [3.8, 4) is 16.9 Å². The minimum Gasteiger partial charge on any atom is -0.508 e. The molecule has 0 aromatic heterocycles. The Morgan fingerprint density at radius 3 is 2.50 bits per heavy atom. The van der Waals surface area contributed by atoms with Crippen LogP contribution in [0.4, 0.5) is 10.1 Å². The van der Waals surface area contributed by atoms with E-state index in [1.807, 2.05) is 0 Å². The number of hydrogen-bond acceptors (Lipinski definition) is 3. The molecule has 18 heavy (non-hydrogen) atoms. The van der Waals surface area contributed by atoms with Gasteiger partial charge in [0.05, 0.1) is 5.56 Å². The second-order valence-corrected chi connectivity index (χ2v) is 3.77. The summed E-state index contributed by atoms with van der Waals surface area (Å²) in [4.78, 5) is 10.9. The maximum atomic E-state index is 13.6. The van der Waals surface area contributed by atoms with Crippen LogP contribution < -0.4 is 5.73 Å². The first-order chi connectivity index (χ1) is 8.49. The summed E-state index contributed by atoms with van der Waals surface area (Å²) < 4.78 is 13.6. The van der Waals surface area contributed by atoms with E-state index < -0.39 is 11.8 Å². The monoisotopic (exact) mass is 247 g/mol. The zero-order chi connectivity index (χ0) is 13.3. The van der Waals surface area contributed by atoms with Crippen LogP contribution in [0, 0.1) is 5.82 Å². The van der Waals surface area contributed by atoms with Gasteiger partial charge in [-0.2, -0.15) is 0 Å². The summed E-state index contributed by atoms with van der Waals surface area (Å²) >= 11 is 0. The van der Waals surface area contributed by atoms with E-state index in [9.17, 15) is 9.18 Å². The van der Waals surface area contributed by atoms with Gasteiger partial charge < -0.3 is 15.9 Å². The van der Waals surface area contributed by atoms with Crippen LogP contribution in [-0.2, 0) is 0 Å². The van der Waals surface area contributed by atoms with Crippen molar-refractivity contribution in [3.63, 3.8) is 0 Å². The molecule has 0 aliphatic heterocycles. The fourth-order valence-corrected chi connectivity index (χ4v) is 1.65. The third-order valence-electron chi connectivity index (χ3n) is 2.55. The topological polar surface area (TPSA) is 83.5 Å². The lowest BCUT2D eigenvalue weighted by Gasteiger charge is -2.07. The number of hydrogen-bond donors (Lipinski definition) is 3. The normalized spacial score (nSPS) is 10.3. The van der Waals surface area contributed by atoms with Gasteiger partial charge in [-0.1, -0.05) is 6.07 Å². The predicted octanol–water partition coefficient (Wildman–Crippen LogP) is 2.48. The van der Waals surface area contributed by atoms with Crippen molar-refractivity contribution in [2.75, 3.05) is 5.73 Å². The molecule has 0 spiro atoms. The van der Waals surface area contributed by atoms with E-state index in [1.165, 1.54) is 30.3 Å². The van der Waals surface area contributed by atoms with E-state index in [-0.39, 0.29) is 22.6 Å². The molecule has 2 aromatic carbocycles. The zero-order valence-corrected chi connectivity index (χ0v) is 9.22. The molecule has 0 fully saturated rings. The van der Waals surface area contributed by atoms with Crippen LogP contribution in [0.2, 0.25) is 0 Å². The molecule has 0 amide bonds. The molecule has 0 atom stereocenters. The number of carboxylic acid groups (broad SMARTS) is 1. The smallest absolute Gasteiger partial charge is 0.337 e. The maximum Gasteiger partial charge on any atom is 0.337 e. The highest BCUT2D eigenvalue weighted by atomic mass is 19.1. The number of phenols is 1. The quantitative estimate of drug-likeness (QED) is 0.712. The number of benzene rings is 2. The van der Waals surface area contributed by atoms with Crippen molar-refractivity contribution in [2.45, 2.75) is 0 Å². The summed E-state index contributed by atoms with van der Waals surface area (Å²) in [5, 5.41) is 18.1. The van der Waals surface area contributed by atoms with Gasteiger partial charge in [-0.25, -0.2) is 9.18 Å². The number of aromatic hydroxyl groups is 1. The number of halogens is 1. The Kier molecular flexibility index (Phi) is 2.89. The van der Waals surface area contributed by atoms with Crippen molar-refractivity contribution in [3.05, 3.63) is 47.8 Å². The van der Waals surface area contributed by atoms with Crippen molar-refractivity contribution >= 4 is 11.7 Å². The van der Waals surface area contributed by atoms with Crippen LogP contribution in [0.3, 0.4) is 0 Å². The van der Waals surface area contributed by atoms with Crippen molar-refractivity contribution < 1.29 is 19.4 Å². The summed E-state index contributed by atoms with van der Waals surface area (Å²) in [5.74, 6) is -1.99. The van der Waals surface area contributed by atoms with Crippen LogP contribution >= 0.6 is 0 Å². The highest BCUT2D eigenvalue weighted by molar-refractivity contribution is 5.95. The van der Waals surface area contributed by atoms with Gasteiger partial charge in [0.1, 0.15) is 11.6 Å². The van der Waals surface area contributed by atoms with Crippen LogP contribution in [0.15, 0.2) is 36.4 Å². The lowest BCUT2D eigenvalue weighted by molar-refractivity contribution is 0.0698. The summed E-state index contributed by atoms with van der Waals surface area (Å²) in [6, 6.07) is 7.90. The molecule has 0 aliphatic carbocycles. The molecular weight excluding hydrogens is 237 g/mol. The maximum absolute atomic E-state index is 13.6. The second kappa shape index (κ2) is 4.37. The number of nitrogen functional groups attached to an aromatic ring is 1. The fourth-order valence-electron chi connectivity index (χ4n) is 1.65. The Morgan fingerprint density at radius 2 is 1.89 bits per heavy atom. The number of nitrogens with two attached hydrogens (primary N) is 1. The Morgan fingerprint density at radius 1 is 1.17 bits per heavy atom. The average Bonchev–Trinajstić information content (AvgIpc) is 2.30. The number of rotatable bonds is 2. The van der Waals surface area contributed by atoms with Gasteiger partial charge >= 0.3 is 5.97 Å². The van der Waals surface area contributed by atoms with Crippen molar-refractivity contribution in [1.82, 2.24) is 0 Å². The number of aromatic carboxylic acids is 1. The average molecular weight is 247 g/mol. The number of carboxylic acids is 1. The van der Waals surface area contributed by atoms with E-state index in [2.05, 4.69) is 0 Å². The van der Waals surface area contributed by atoms with Crippen molar-refractivity contribution in [2.24, 2.45) is 0 Å². The van der Waals surface area contributed by atoms with Gasteiger partial charge in [0.15, 0.2) is 0 Å². The Labute approximate surface area is 102 Å². The molecule has 5 heteroatoms. The Balaban J connectivity index is 2.58. The molecule has 2 rings (SSSR count). The van der Waals surface area contributed by atoms with Gasteiger partial charge in [0.2, 0.25) is 0 Å². The van der Waals surface area contributed by atoms with Gasteiger partial charge in [0.25, 0.3) is 0 Å². The van der Waals surface area contributed by atoms with Gasteiger partial charge in [-0.3, -0.25) is 0 Å². The highest BCUT2D eigenvalue weighted by Crippen LogP contribution is 2.28. The van der Waals surface area contributed by atoms with E-state index >= 15 is 0 Å². The molecular formula is C13H10FNO3. The third kappa shape index (κ3) is 2.10. The summed E-state index contributed by atoms with van der Waals surface area (Å²) in [6.45, 7) is 0. The van der Waals surface area contributed by atoms with Crippen LogP contribution in [0.25, 0.3) is 11.1 Å². The summed E-state index contributed by atoms with van der Waals surface area (Å²) in [5.41, 5.74) is 6.14. The summed E-state index contributed by atoms with van der Waals surface area (Å²) in [6.07, 6.45) is 0. The van der Waals surface area contributed by atoms with Gasteiger partial charge in [0, 0.05) is 17.3 Å². The third-order valence-corrected chi connectivity index (χ3v) is 2.55. The lowest BCUT2D eigenvalue weighted by Crippen LogP contribution is -2.02. The van der Waals surface area contributed by atoms with Crippen LogP contribution in [-0.4, -0.2) is 16.2 Å². The highest BCUT2D eigenvalue weighted by Gasteiger charge is 2.12. The molecule has 92 valence electrons. The number of anilines is 1. The number of carbonyl (C=O) groups is 1.